The first-order valence-corrected chi connectivity index (χ1v) is 7.40. The van der Waals surface area contributed by atoms with Gasteiger partial charge in [-0.3, -0.25) is 0 Å². The third-order valence-corrected chi connectivity index (χ3v) is 4.10. The average molecular weight is 391 g/mol. The van der Waals surface area contributed by atoms with Crippen molar-refractivity contribution >= 4 is 43.5 Å². The molecule has 18 heavy (non-hydrogen) atoms. The topological polar surface area (TPSA) is 20.2 Å². The second-order valence-electron chi connectivity index (χ2n) is 4.01. The van der Waals surface area contributed by atoms with Crippen LogP contribution in [0.3, 0.4) is 0 Å². The first-order valence-electron chi connectivity index (χ1n) is 5.44. The van der Waals surface area contributed by atoms with Crippen molar-refractivity contribution in [3.8, 4) is 0 Å². The predicted molar refractivity (Wildman–Crippen MR) is 82.0 cm³/mol. The van der Waals surface area contributed by atoms with Crippen LogP contribution in [0.1, 0.15) is 17.2 Å². The maximum Gasteiger partial charge on any atom is 0.0841 e. The summed E-state index contributed by atoms with van der Waals surface area (Å²) < 4.78 is 1.88. The Labute approximate surface area is 128 Å². The van der Waals surface area contributed by atoms with E-state index in [-0.39, 0.29) is 0 Å². The van der Waals surface area contributed by atoms with Crippen molar-refractivity contribution < 1.29 is 5.11 Å². The van der Waals surface area contributed by atoms with E-state index in [0.29, 0.717) is 11.4 Å². The zero-order valence-electron chi connectivity index (χ0n) is 9.41. The molecule has 2 aromatic carbocycles. The molecule has 94 valence electrons. The number of aliphatic hydroxyl groups excluding tert-OH is 1. The summed E-state index contributed by atoms with van der Waals surface area (Å²) in [5.74, 6) is 0. The lowest BCUT2D eigenvalue weighted by Gasteiger charge is -2.13. The Bertz CT molecular complexity index is 540. The third-order valence-electron chi connectivity index (χ3n) is 2.66. The Hall–Kier alpha value is -0.350. The summed E-state index contributed by atoms with van der Waals surface area (Å²) in [5, 5.41) is 10.9. The van der Waals surface area contributed by atoms with Gasteiger partial charge in [-0.15, -0.1) is 0 Å². The molecule has 0 heterocycles. The Balaban J connectivity index is 2.16. The highest BCUT2D eigenvalue weighted by molar-refractivity contribution is 9.11. The zero-order chi connectivity index (χ0) is 13.1. The molecule has 1 unspecified atom stereocenters. The largest absolute Gasteiger partial charge is 0.388 e. The molecule has 0 radical (unpaired) electrons. The molecule has 0 saturated carbocycles. The molecule has 4 heteroatoms. The third kappa shape index (κ3) is 3.58. The highest BCUT2D eigenvalue weighted by atomic mass is 79.9. The van der Waals surface area contributed by atoms with Gasteiger partial charge in [0.25, 0.3) is 0 Å². The fourth-order valence-electron chi connectivity index (χ4n) is 1.73. The monoisotopic (exact) mass is 388 g/mol. The van der Waals surface area contributed by atoms with Gasteiger partial charge < -0.3 is 5.11 Å². The lowest BCUT2D eigenvalue weighted by molar-refractivity contribution is 0.177. The minimum absolute atomic E-state index is 0.534. The normalized spacial score (nSPS) is 12.4. The Morgan fingerprint density at radius 2 is 1.72 bits per heavy atom. The summed E-state index contributed by atoms with van der Waals surface area (Å²) in [6.45, 7) is 0. The average Bonchev–Trinajstić information content (AvgIpc) is 2.32. The second-order valence-corrected chi connectivity index (χ2v) is 6.22. The molecule has 1 N–H and O–H groups in total. The second kappa shape index (κ2) is 6.20. The molecule has 0 aliphatic carbocycles. The molecule has 0 aliphatic rings. The van der Waals surface area contributed by atoms with Crippen LogP contribution >= 0.6 is 43.5 Å². The number of hydrogen-bond donors (Lipinski definition) is 1. The number of benzene rings is 2. The summed E-state index contributed by atoms with van der Waals surface area (Å²) in [6, 6.07) is 13.3. The van der Waals surface area contributed by atoms with Gasteiger partial charge in [0.15, 0.2) is 0 Å². The van der Waals surface area contributed by atoms with Crippen molar-refractivity contribution in [1.29, 1.82) is 0 Å². The molecule has 0 saturated heterocycles. The maximum atomic E-state index is 10.2. The summed E-state index contributed by atoms with van der Waals surface area (Å²) in [4.78, 5) is 0. The molecule has 0 fully saturated rings. The Morgan fingerprint density at radius 3 is 2.33 bits per heavy atom. The number of hydrogen-bond acceptors (Lipinski definition) is 1. The van der Waals surface area contributed by atoms with Gasteiger partial charge in [0.1, 0.15) is 0 Å². The van der Waals surface area contributed by atoms with Crippen LogP contribution in [0.15, 0.2) is 51.4 Å². The molecule has 0 aliphatic heterocycles. The van der Waals surface area contributed by atoms with Gasteiger partial charge in [-0.05, 0) is 35.4 Å². The van der Waals surface area contributed by atoms with Gasteiger partial charge >= 0.3 is 0 Å². The van der Waals surface area contributed by atoms with E-state index >= 15 is 0 Å². The molecule has 0 aromatic heterocycles. The molecule has 0 bridgehead atoms. The molecule has 0 spiro atoms. The molecule has 1 atom stereocenters. The van der Waals surface area contributed by atoms with Gasteiger partial charge in [0.2, 0.25) is 0 Å². The van der Waals surface area contributed by atoms with Crippen LogP contribution in [0.4, 0.5) is 0 Å². The predicted octanol–water partition coefficient (Wildman–Crippen LogP) is 5.14. The minimum atomic E-state index is -0.534. The van der Waals surface area contributed by atoms with E-state index in [4.69, 9.17) is 11.6 Å². The van der Waals surface area contributed by atoms with Crippen molar-refractivity contribution in [2.75, 3.05) is 0 Å². The maximum absolute atomic E-state index is 10.2. The van der Waals surface area contributed by atoms with Crippen LogP contribution in [0, 0.1) is 0 Å². The van der Waals surface area contributed by atoms with E-state index < -0.39 is 6.10 Å². The van der Waals surface area contributed by atoms with Crippen LogP contribution < -0.4 is 0 Å². The smallest absolute Gasteiger partial charge is 0.0841 e. The van der Waals surface area contributed by atoms with Gasteiger partial charge in [0, 0.05) is 20.4 Å². The molecule has 2 aromatic rings. The first kappa shape index (κ1) is 14.1. The highest BCUT2D eigenvalue weighted by Gasteiger charge is 2.12. The lowest BCUT2D eigenvalue weighted by atomic mass is 10.0. The standard InChI is InChI=1S/C14H11Br2ClO/c15-10-3-6-12(13(16)8-10)14(18)7-9-1-4-11(17)5-2-9/h1-6,8,14,18H,7H2. The van der Waals surface area contributed by atoms with Crippen molar-refractivity contribution in [3.63, 3.8) is 0 Å². The summed E-state index contributed by atoms with van der Waals surface area (Å²) in [7, 11) is 0. The van der Waals surface area contributed by atoms with Crippen LogP contribution in [0.2, 0.25) is 5.02 Å². The lowest BCUT2D eigenvalue weighted by Crippen LogP contribution is -2.02. The molecular formula is C14H11Br2ClO. The van der Waals surface area contributed by atoms with E-state index in [1.54, 1.807) is 0 Å². The fourth-order valence-corrected chi connectivity index (χ4v) is 3.16. The van der Waals surface area contributed by atoms with Crippen LogP contribution in [0.5, 0.6) is 0 Å². The molecule has 1 nitrogen and oxygen atoms in total. The van der Waals surface area contributed by atoms with E-state index in [1.807, 2.05) is 42.5 Å². The van der Waals surface area contributed by atoms with Crippen molar-refractivity contribution in [2.45, 2.75) is 12.5 Å². The quantitative estimate of drug-likeness (QED) is 0.769. The SMILES string of the molecule is OC(Cc1ccc(Cl)cc1)c1ccc(Br)cc1Br. The van der Waals surface area contributed by atoms with Crippen molar-refractivity contribution in [2.24, 2.45) is 0 Å². The van der Waals surface area contributed by atoms with Gasteiger partial charge in [0.05, 0.1) is 6.10 Å². The van der Waals surface area contributed by atoms with E-state index in [2.05, 4.69) is 31.9 Å². The Kier molecular flexibility index (Phi) is 4.84. The van der Waals surface area contributed by atoms with Crippen LogP contribution in [0.25, 0.3) is 0 Å². The molecule has 0 amide bonds. The van der Waals surface area contributed by atoms with Crippen molar-refractivity contribution in [1.82, 2.24) is 0 Å². The molecule has 2 rings (SSSR count). The van der Waals surface area contributed by atoms with Crippen LogP contribution in [-0.2, 0) is 6.42 Å². The minimum Gasteiger partial charge on any atom is -0.388 e. The zero-order valence-corrected chi connectivity index (χ0v) is 13.3. The number of halogens is 3. The summed E-state index contributed by atoms with van der Waals surface area (Å²) in [5.41, 5.74) is 1.94. The summed E-state index contributed by atoms with van der Waals surface area (Å²) >= 11 is 12.7. The van der Waals surface area contributed by atoms with Crippen LogP contribution in [-0.4, -0.2) is 5.11 Å². The molecular weight excluding hydrogens is 379 g/mol. The van der Waals surface area contributed by atoms with Gasteiger partial charge in [-0.1, -0.05) is 61.7 Å². The summed E-state index contributed by atoms with van der Waals surface area (Å²) in [6.07, 6.45) is 0.0332. The van der Waals surface area contributed by atoms with E-state index in [9.17, 15) is 5.11 Å². The van der Waals surface area contributed by atoms with Gasteiger partial charge in [-0.2, -0.15) is 0 Å². The van der Waals surface area contributed by atoms with E-state index in [1.165, 1.54) is 0 Å². The Morgan fingerprint density at radius 1 is 1.06 bits per heavy atom. The number of rotatable bonds is 3. The number of aliphatic hydroxyl groups is 1. The van der Waals surface area contributed by atoms with Gasteiger partial charge in [-0.25, -0.2) is 0 Å². The highest BCUT2D eigenvalue weighted by Crippen LogP contribution is 2.29. The first-order chi connectivity index (χ1) is 8.56. The van der Waals surface area contributed by atoms with E-state index in [0.717, 1.165) is 20.1 Å². The van der Waals surface area contributed by atoms with Crippen molar-refractivity contribution in [3.05, 3.63) is 67.6 Å². The fraction of sp³-hybridized carbons (Fsp3) is 0.143.